The monoisotopic (exact) mass is 348 g/mol. The van der Waals surface area contributed by atoms with E-state index in [2.05, 4.69) is 5.32 Å². The topological polar surface area (TPSA) is 98.5 Å². The number of amides is 1. The Morgan fingerprint density at radius 1 is 1.08 bits per heavy atom. The minimum absolute atomic E-state index is 0.00915. The Morgan fingerprint density at radius 3 is 2.25 bits per heavy atom. The summed E-state index contributed by atoms with van der Waals surface area (Å²) < 4.78 is 27.7. The van der Waals surface area contributed by atoms with Crippen molar-refractivity contribution in [1.82, 2.24) is 0 Å². The normalized spacial score (nSPS) is 11.1. The molecule has 3 N–H and O–H groups in total. The molecule has 0 heterocycles. The number of anilines is 1. The minimum atomic E-state index is -3.73. The van der Waals surface area contributed by atoms with Gasteiger partial charge in [-0.1, -0.05) is 12.1 Å². The molecule has 0 bridgehead atoms. The van der Waals surface area contributed by atoms with Crippen LogP contribution in [0.2, 0.25) is 0 Å². The summed E-state index contributed by atoms with van der Waals surface area (Å²) in [5.74, 6) is 0.660. The Bertz CT molecular complexity index is 784. The fraction of sp³-hybridized carbons (Fsp3) is 0.235. The van der Waals surface area contributed by atoms with Crippen LogP contribution in [-0.2, 0) is 21.2 Å². The van der Waals surface area contributed by atoms with Crippen LogP contribution in [0.5, 0.6) is 5.75 Å². The van der Waals surface area contributed by atoms with Gasteiger partial charge in [-0.15, -0.1) is 0 Å². The summed E-state index contributed by atoms with van der Waals surface area (Å²) in [6.45, 7) is 2.54. The number of sulfonamides is 1. The number of rotatable bonds is 7. The molecular weight excluding hydrogens is 328 g/mol. The van der Waals surface area contributed by atoms with Gasteiger partial charge in [-0.2, -0.15) is 0 Å². The number of ether oxygens (including phenoxy) is 1. The van der Waals surface area contributed by atoms with Crippen LogP contribution in [0.15, 0.2) is 53.4 Å². The maximum Gasteiger partial charge on any atom is 0.238 e. The van der Waals surface area contributed by atoms with Crippen molar-refractivity contribution in [1.29, 1.82) is 0 Å². The summed E-state index contributed by atoms with van der Waals surface area (Å²) in [4.78, 5) is 12.0. The van der Waals surface area contributed by atoms with Crippen LogP contribution in [0, 0.1) is 0 Å². The Hall–Kier alpha value is -2.38. The van der Waals surface area contributed by atoms with Crippen LogP contribution < -0.4 is 15.2 Å². The molecular formula is C17H20N2O4S. The van der Waals surface area contributed by atoms with Crippen molar-refractivity contribution in [3.05, 3.63) is 54.1 Å². The van der Waals surface area contributed by atoms with Gasteiger partial charge in [0.15, 0.2) is 0 Å². The van der Waals surface area contributed by atoms with Gasteiger partial charge in [0.1, 0.15) is 5.75 Å². The number of hydrogen-bond donors (Lipinski definition) is 2. The van der Waals surface area contributed by atoms with Crippen molar-refractivity contribution >= 4 is 21.6 Å². The molecule has 1 amide bonds. The summed E-state index contributed by atoms with van der Waals surface area (Å²) in [6.07, 6.45) is 0.929. The highest BCUT2D eigenvalue weighted by molar-refractivity contribution is 7.89. The second kappa shape index (κ2) is 7.94. The molecule has 7 heteroatoms. The van der Waals surface area contributed by atoms with E-state index in [1.54, 1.807) is 0 Å². The third-order valence-electron chi connectivity index (χ3n) is 3.34. The average Bonchev–Trinajstić information content (AvgIpc) is 2.54. The highest BCUT2D eigenvalue weighted by Gasteiger charge is 2.08. The van der Waals surface area contributed by atoms with Crippen molar-refractivity contribution in [3.8, 4) is 5.75 Å². The Kier molecular flexibility index (Phi) is 5.94. The fourth-order valence-corrected chi connectivity index (χ4v) is 2.64. The predicted molar refractivity (Wildman–Crippen MR) is 92.4 cm³/mol. The van der Waals surface area contributed by atoms with Gasteiger partial charge in [-0.3, -0.25) is 4.79 Å². The van der Waals surface area contributed by atoms with Gasteiger partial charge in [0, 0.05) is 12.1 Å². The molecule has 0 aliphatic rings. The van der Waals surface area contributed by atoms with Crippen LogP contribution in [-0.4, -0.2) is 20.9 Å². The van der Waals surface area contributed by atoms with Crippen molar-refractivity contribution in [3.63, 3.8) is 0 Å². The number of carbonyl (C=O) groups is 1. The first-order chi connectivity index (χ1) is 11.4. The number of nitrogens with one attached hydrogen (secondary N) is 1. The van der Waals surface area contributed by atoms with Crippen molar-refractivity contribution in [2.45, 2.75) is 24.7 Å². The summed E-state index contributed by atoms with van der Waals surface area (Å²) in [5, 5.41) is 7.75. The molecule has 0 aliphatic heterocycles. The second-order valence-corrected chi connectivity index (χ2v) is 6.76. The summed E-state index contributed by atoms with van der Waals surface area (Å²) in [6, 6.07) is 13.3. The molecule has 128 valence electrons. The minimum Gasteiger partial charge on any atom is -0.494 e. The van der Waals surface area contributed by atoms with E-state index >= 15 is 0 Å². The smallest absolute Gasteiger partial charge is 0.238 e. The number of primary sulfonamides is 1. The van der Waals surface area contributed by atoms with Gasteiger partial charge in [-0.25, -0.2) is 13.6 Å². The van der Waals surface area contributed by atoms with Gasteiger partial charge < -0.3 is 10.1 Å². The van der Waals surface area contributed by atoms with E-state index in [4.69, 9.17) is 9.88 Å². The van der Waals surface area contributed by atoms with Crippen LogP contribution in [0.1, 0.15) is 18.9 Å². The van der Waals surface area contributed by atoms with Gasteiger partial charge in [-0.05, 0) is 55.3 Å². The lowest BCUT2D eigenvalue weighted by Gasteiger charge is -2.07. The van der Waals surface area contributed by atoms with Crippen LogP contribution >= 0.6 is 0 Å². The predicted octanol–water partition coefficient (Wildman–Crippen LogP) is 2.30. The van der Waals surface area contributed by atoms with Gasteiger partial charge in [0.05, 0.1) is 11.5 Å². The third-order valence-corrected chi connectivity index (χ3v) is 4.27. The maximum absolute atomic E-state index is 12.0. The van der Waals surface area contributed by atoms with Crippen LogP contribution in [0.3, 0.4) is 0 Å². The quantitative estimate of drug-likeness (QED) is 0.802. The summed E-state index contributed by atoms with van der Waals surface area (Å²) in [7, 11) is -3.73. The Labute approximate surface area is 141 Å². The number of benzene rings is 2. The van der Waals surface area contributed by atoms with Crippen molar-refractivity contribution in [2.24, 2.45) is 5.14 Å². The first-order valence-electron chi connectivity index (χ1n) is 7.53. The molecule has 0 fully saturated rings. The lowest BCUT2D eigenvalue weighted by Crippen LogP contribution is -2.14. The molecule has 0 spiro atoms. The largest absolute Gasteiger partial charge is 0.494 e. The maximum atomic E-state index is 12.0. The Balaban J connectivity index is 1.87. The molecule has 2 aromatic rings. The highest BCUT2D eigenvalue weighted by Crippen LogP contribution is 2.15. The van der Waals surface area contributed by atoms with E-state index in [0.717, 1.165) is 11.3 Å². The second-order valence-electron chi connectivity index (χ2n) is 5.19. The molecule has 0 saturated carbocycles. The average molecular weight is 348 g/mol. The molecule has 0 unspecified atom stereocenters. The van der Waals surface area contributed by atoms with Crippen LogP contribution in [0.25, 0.3) is 0 Å². The molecule has 24 heavy (non-hydrogen) atoms. The van der Waals surface area contributed by atoms with E-state index in [1.807, 2.05) is 31.2 Å². The van der Waals surface area contributed by atoms with Crippen molar-refractivity contribution < 1.29 is 17.9 Å². The molecule has 0 saturated heterocycles. The van der Waals surface area contributed by atoms with Gasteiger partial charge >= 0.3 is 0 Å². The lowest BCUT2D eigenvalue weighted by atomic mass is 10.1. The van der Waals surface area contributed by atoms with Crippen molar-refractivity contribution in [2.75, 3.05) is 11.9 Å². The number of hydrogen-bond acceptors (Lipinski definition) is 4. The number of nitrogens with two attached hydrogens (primary N) is 1. The zero-order chi connectivity index (χ0) is 17.6. The molecule has 0 atom stereocenters. The van der Waals surface area contributed by atoms with E-state index in [0.29, 0.717) is 25.1 Å². The van der Waals surface area contributed by atoms with Crippen LogP contribution in [0.4, 0.5) is 5.69 Å². The van der Waals surface area contributed by atoms with Gasteiger partial charge in [0.2, 0.25) is 15.9 Å². The standard InChI is InChI=1S/C17H20N2O4S/c1-2-23-15-8-3-13(4-9-15)5-12-17(20)19-14-6-10-16(11-7-14)24(18,21)22/h3-4,6-11H,2,5,12H2,1H3,(H,19,20)(H2,18,21,22). The summed E-state index contributed by atoms with van der Waals surface area (Å²) >= 11 is 0. The third kappa shape index (κ3) is 5.36. The van der Waals surface area contributed by atoms with E-state index in [9.17, 15) is 13.2 Å². The molecule has 6 nitrogen and oxygen atoms in total. The van der Waals surface area contributed by atoms with Gasteiger partial charge in [0.25, 0.3) is 0 Å². The number of aryl methyl sites for hydroxylation is 1. The molecule has 0 aliphatic carbocycles. The zero-order valence-electron chi connectivity index (χ0n) is 13.4. The fourth-order valence-electron chi connectivity index (χ4n) is 2.13. The molecule has 2 rings (SSSR count). The lowest BCUT2D eigenvalue weighted by molar-refractivity contribution is -0.116. The Morgan fingerprint density at radius 2 is 1.71 bits per heavy atom. The van der Waals surface area contributed by atoms with E-state index in [-0.39, 0.29) is 10.8 Å². The van der Waals surface area contributed by atoms with E-state index < -0.39 is 10.0 Å². The summed E-state index contributed by atoms with van der Waals surface area (Å²) in [5.41, 5.74) is 1.57. The SMILES string of the molecule is CCOc1ccc(CCC(=O)Nc2ccc(S(N)(=O)=O)cc2)cc1. The zero-order valence-corrected chi connectivity index (χ0v) is 14.2. The first kappa shape index (κ1) is 18.0. The molecule has 0 aromatic heterocycles. The molecule has 0 radical (unpaired) electrons. The highest BCUT2D eigenvalue weighted by atomic mass is 32.2. The molecule has 2 aromatic carbocycles. The van der Waals surface area contributed by atoms with E-state index in [1.165, 1.54) is 24.3 Å². The first-order valence-corrected chi connectivity index (χ1v) is 9.07. The number of carbonyl (C=O) groups excluding carboxylic acids is 1.